The number of aliphatic hydroxyl groups excluding tert-OH is 1. The summed E-state index contributed by atoms with van der Waals surface area (Å²) in [5.74, 6) is -0.559. The van der Waals surface area contributed by atoms with Crippen LogP contribution in [0.1, 0.15) is 176 Å². The van der Waals surface area contributed by atoms with E-state index in [2.05, 4.69) is 38.2 Å². The van der Waals surface area contributed by atoms with Gasteiger partial charge in [0.2, 0.25) is 0 Å². The summed E-state index contributed by atoms with van der Waals surface area (Å²) in [5, 5.41) is 8.91. The number of rotatable bonds is 27. The third-order valence-corrected chi connectivity index (χ3v) is 6.78. The number of carbonyl (C=O) groups excluding carboxylic acids is 2. The van der Waals surface area contributed by atoms with Crippen LogP contribution in [-0.2, 0) is 19.1 Å². The molecule has 0 aromatic carbocycles. The zero-order valence-corrected chi connectivity index (χ0v) is 27.8. The van der Waals surface area contributed by atoms with Gasteiger partial charge >= 0.3 is 11.9 Å². The summed E-state index contributed by atoms with van der Waals surface area (Å²) in [7, 11) is 0. The molecule has 0 aliphatic carbocycles. The molecule has 0 heterocycles. The van der Waals surface area contributed by atoms with Crippen molar-refractivity contribution < 1.29 is 24.2 Å². The average molecular weight is 581 g/mol. The van der Waals surface area contributed by atoms with Crippen molar-refractivity contribution in [2.75, 3.05) is 6.61 Å². The lowest BCUT2D eigenvalue weighted by atomic mass is 10.1. The Kier molecular flexibility index (Phi) is 35.0. The molecular weight excluding hydrogens is 512 g/mol. The van der Waals surface area contributed by atoms with Crippen LogP contribution in [0.3, 0.4) is 0 Å². The fourth-order valence-electron chi connectivity index (χ4n) is 4.29. The molecular formula is C36H68O5. The van der Waals surface area contributed by atoms with Gasteiger partial charge in [0.15, 0.2) is 0 Å². The monoisotopic (exact) mass is 581 g/mol. The van der Waals surface area contributed by atoms with Crippen LogP contribution in [0.4, 0.5) is 0 Å². The van der Waals surface area contributed by atoms with Gasteiger partial charge in [-0.05, 0) is 65.7 Å². The number of allylic oxidation sites excluding steroid dienone is 4. The second kappa shape index (κ2) is 34.6. The second-order valence-electron chi connectivity index (χ2n) is 11.5. The molecule has 0 aromatic rings. The smallest absolute Gasteiger partial charge is 0.334 e. The molecule has 0 radical (unpaired) electrons. The SMILES string of the molecule is CCCCC/C=C\C/C=C\CCCCCCCC(=O)OC(C)C.CCCCCCCCCCCCOC(=O)C(C)O. The first-order valence-corrected chi connectivity index (χ1v) is 17.2. The maximum absolute atomic E-state index is 11.4. The maximum atomic E-state index is 11.4. The third kappa shape index (κ3) is 38.4. The van der Waals surface area contributed by atoms with Crippen molar-refractivity contribution in [2.45, 2.75) is 188 Å². The molecule has 0 aliphatic heterocycles. The summed E-state index contributed by atoms with van der Waals surface area (Å²) in [6.45, 7) is 10.2. The van der Waals surface area contributed by atoms with E-state index in [0.717, 1.165) is 32.1 Å². The van der Waals surface area contributed by atoms with E-state index in [9.17, 15) is 9.59 Å². The minimum Gasteiger partial charge on any atom is -0.464 e. The van der Waals surface area contributed by atoms with Crippen LogP contribution in [0.15, 0.2) is 24.3 Å². The van der Waals surface area contributed by atoms with Gasteiger partial charge in [0.25, 0.3) is 0 Å². The van der Waals surface area contributed by atoms with Crippen LogP contribution in [0.25, 0.3) is 0 Å². The van der Waals surface area contributed by atoms with Crippen LogP contribution < -0.4 is 0 Å². The topological polar surface area (TPSA) is 72.8 Å². The molecule has 242 valence electrons. The molecule has 0 rings (SSSR count). The van der Waals surface area contributed by atoms with Gasteiger partial charge < -0.3 is 14.6 Å². The molecule has 5 nitrogen and oxygen atoms in total. The molecule has 0 spiro atoms. The molecule has 0 saturated carbocycles. The van der Waals surface area contributed by atoms with E-state index in [1.165, 1.54) is 110 Å². The molecule has 5 heteroatoms. The van der Waals surface area contributed by atoms with Crippen molar-refractivity contribution in [3.63, 3.8) is 0 Å². The lowest BCUT2D eigenvalue weighted by molar-refractivity contribution is -0.152. The van der Waals surface area contributed by atoms with Crippen molar-refractivity contribution in [2.24, 2.45) is 0 Å². The molecule has 1 unspecified atom stereocenters. The first-order valence-electron chi connectivity index (χ1n) is 17.2. The Hall–Kier alpha value is -1.62. The van der Waals surface area contributed by atoms with Crippen molar-refractivity contribution in [1.82, 2.24) is 0 Å². The quantitative estimate of drug-likeness (QED) is 0.0594. The van der Waals surface area contributed by atoms with Crippen molar-refractivity contribution in [3.05, 3.63) is 24.3 Å². The van der Waals surface area contributed by atoms with Gasteiger partial charge in [-0.3, -0.25) is 4.79 Å². The normalized spacial score (nSPS) is 12.1. The lowest BCUT2D eigenvalue weighted by Gasteiger charge is -2.07. The van der Waals surface area contributed by atoms with Gasteiger partial charge in [-0.2, -0.15) is 0 Å². The Bertz CT molecular complexity index is 609. The zero-order valence-electron chi connectivity index (χ0n) is 27.8. The summed E-state index contributed by atoms with van der Waals surface area (Å²) in [6.07, 6.45) is 34.7. The van der Waals surface area contributed by atoms with Crippen molar-refractivity contribution in [3.8, 4) is 0 Å². The van der Waals surface area contributed by atoms with Gasteiger partial charge in [-0.1, -0.05) is 128 Å². The highest BCUT2D eigenvalue weighted by Gasteiger charge is 2.08. The van der Waals surface area contributed by atoms with E-state index in [1.54, 1.807) is 0 Å². The maximum Gasteiger partial charge on any atom is 0.334 e. The summed E-state index contributed by atoms with van der Waals surface area (Å²) in [5.41, 5.74) is 0. The Balaban J connectivity index is 0. The van der Waals surface area contributed by atoms with E-state index >= 15 is 0 Å². The molecule has 0 saturated heterocycles. The molecule has 0 aliphatic rings. The Morgan fingerprint density at radius 1 is 0.610 bits per heavy atom. The predicted molar refractivity (Wildman–Crippen MR) is 175 cm³/mol. The average Bonchev–Trinajstić information content (AvgIpc) is 2.93. The van der Waals surface area contributed by atoms with E-state index < -0.39 is 12.1 Å². The number of hydrogen-bond acceptors (Lipinski definition) is 5. The Morgan fingerprint density at radius 2 is 1.05 bits per heavy atom. The molecule has 0 aromatic heterocycles. The highest BCUT2D eigenvalue weighted by molar-refractivity contribution is 5.73. The number of hydrogen-bond donors (Lipinski definition) is 1. The van der Waals surface area contributed by atoms with Gasteiger partial charge in [-0.25, -0.2) is 4.79 Å². The van der Waals surface area contributed by atoms with Gasteiger partial charge in [-0.15, -0.1) is 0 Å². The first kappa shape index (κ1) is 41.5. The third-order valence-electron chi connectivity index (χ3n) is 6.78. The standard InChI is InChI=1S/C21H38O2.C15H30O3/c1-4-5-6-7-8-9-10-11-12-13-14-15-16-17-18-19-21(22)23-20(2)3;1-3-4-5-6-7-8-9-10-11-12-13-18-15(17)14(2)16/h8-9,11-12,20H,4-7,10,13-19H2,1-3H3;14,16H,3-13H2,1-2H3/b9-8-,12-11-;. The predicted octanol–water partition coefficient (Wildman–Crippen LogP) is 10.6. The highest BCUT2D eigenvalue weighted by Crippen LogP contribution is 2.11. The summed E-state index contributed by atoms with van der Waals surface area (Å²) >= 11 is 0. The second-order valence-corrected chi connectivity index (χ2v) is 11.5. The van der Waals surface area contributed by atoms with Gasteiger partial charge in [0.1, 0.15) is 6.10 Å². The van der Waals surface area contributed by atoms with E-state index in [4.69, 9.17) is 14.6 Å². The summed E-state index contributed by atoms with van der Waals surface area (Å²) in [4.78, 5) is 22.3. The summed E-state index contributed by atoms with van der Waals surface area (Å²) in [6, 6.07) is 0. The van der Waals surface area contributed by atoms with Crippen molar-refractivity contribution >= 4 is 11.9 Å². The van der Waals surface area contributed by atoms with E-state index in [1.807, 2.05) is 13.8 Å². The number of aliphatic hydroxyl groups is 1. The zero-order chi connectivity index (χ0) is 30.8. The van der Waals surface area contributed by atoms with E-state index in [-0.39, 0.29) is 12.1 Å². The molecule has 41 heavy (non-hydrogen) atoms. The van der Waals surface area contributed by atoms with Gasteiger partial charge in [0, 0.05) is 6.42 Å². The van der Waals surface area contributed by atoms with Crippen LogP contribution in [0.5, 0.6) is 0 Å². The van der Waals surface area contributed by atoms with Crippen LogP contribution in [-0.4, -0.2) is 35.9 Å². The largest absolute Gasteiger partial charge is 0.464 e. The van der Waals surface area contributed by atoms with Crippen molar-refractivity contribution in [1.29, 1.82) is 0 Å². The minimum absolute atomic E-state index is 0.0143. The molecule has 1 N–H and O–H groups in total. The fraction of sp³-hybridized carbons (Fsp3) is 0.833. The molecule has 0 bridgehead atoms. The number of carbonyl (C=O) groups is 2. The minimum atomic E-state index is -0.992. The molecule has 1 atom stereocenters. The number of unbranched alkanes of at least 4 members (excludes halogenated alkanes) is 17. The fourth-order valence-corrected chi connectivity index (χ4v) is 4.29. The van der Waals surface area contributed by atoms with E-state index in [0.29, 0.717) is 13.0 Å². The Morgan fingerprint density at radius 3 is 1.56 bits per heavy atom. The summed E-state index contributed by atoms with van der Waals surface area (Å²) < 4.78 is 10.0. The van der Waals surface area contributed by atoms with Crippen LogP contribution >= 0.6 is 0 Å². The number of esters is 2. The number of ether oxygens (including phenoxy) is 2. The van der Waals surface area contributed by atoms with Gasteiger partial charge in [0.05, 0.1) is 12.7 Å². The molecule has 0 fully saturated rings. The van der Waals surface area contributed by atoms with Crippen LogP contribution in [0, 0.1) is 0 Å². The Labute approximate surface area is 254 Å². The van der Waals surface area contributed by atoms with Crippen LogP contribution in [0.2, 0.25) is 0 Å². The lowest BCUT2D eigenvalue weighted by Crippen LogP contribution is -2.19. The molecule has 0 amide bonds. The highest BCUT2D eigenvalue weighted by atomic mass is 16.5. The first-order chi connectivity index (χ1) is 19.8.